The fourth-order valence-corrected chi connectivity index (χ4v) is 11.4. The molecule has 6 atom stereocenters. The Hall–Kier alpha value is -1.66. The summed E-state index contributed by atoms with van der Waals surface area (Å²) in [6.45, 7) is 12.1. The molecule has 2 unspecified atom stereocenters. The Morgan fingerprint density at radius 2 is 1.87 bits per heavy atom. The van der Waals surface area contributed by atoms with Crippen LogP contribution in [0.4, 0.5) is 0 Å². The fraction of sp³-hybridized carbons (Fsp3) is 0.750. The van der Waals surface area contributed by atoms with Crippen LogP contribution in [0.3, 0.4) is 0 Å². The number of carboxylic acid groups (broad SMARTS) is 1. The van der Waals surface area contributed by atoms with Gasteiger partial charge >= 0.3 is 5.97 Å². The molecule has 0 aliphatic heterocycles. The predicted molar refractivity (Wildman–Crippen MR) is 159 cm³/mol. The van der Waals surface area contributed by atoms with Crippen LogP contribution < -0.4 is 0 Å². The number of carboxylic acids is 1. The molecule has 1 aromatic carbocycles. The van der Waals surface area contributed by atoms with Crippen molar-refractivity contribution >= 4 is 25.3 Å². The topological polar surface area (TPSA) is 64.3 Å². The van der Waals surface area contributed by atoms with Crippen LogP contribution in [0.25, 0.3) is 11.0 Å². The van der Waals surface area contributed by atoms with E-state index in [4.69, 9.17) is 9.41 Å². The summed E-state index contributed by atoms with van der Waals surface area (Å²) in [5, 5.41) is 9.67. The highest BCUT2D eigenvalue weighted by Gasteiger charge is 2.53. The van der Waals surface area contributed by atoms with Crippen molar-refractivity contribution in [3.05, 3.63) is 30.1 Å². The van der Waals surface area contributed by atoms with Gasteiger partial charge in [-0.05, 0) is 85.5 Å². The minimum absolute atomic E-state index is 0.0494. The summed E-state index contributed by atoms with van der Waals surface area (Å²) in [5.41, 5.74) is 2.41. The number of aryl methyl sites for hydroxylation is 1. The summed E-state index contributed by atoms with van der Waals surface area (Å²) in [7, 11) is 0.425. The number of benzene rings is 1. The predicted octanol–water partition coefficient (Wildman–Crippen LogP) is 8.54. The first-order chi connectivity index (χ1) is 18.2. The van der Waals surface area contributed by atoms with Crippen molar-refractivity contribution in [2.75, 3.05) is 0 Å². The zero-order valence-corrected chi connectivity index (χ0v) is 25.8. The van der Waals surface area contributed by atoms with E-state index < -0.39 is 14.3 Å². The molecule has 2 fully saturated rings. The molecule has 1 aromatic heterocycles. The lowest BCUT2D eigenvalue weighted by atomic mass is 9.61. The van der Waals surface area contributed by atoms with Crippen molar-refractivity contribution in [2.45, 2.75) is 123 Å². The molecule has 38 heavy (non-hydrogen) atoms. The standard InChI is InChI=1S/C32H52N2O3Si/c1-7-38(8-2,9-3)37-29-18-13-21-32(5)25(19-20-26(29)32)23(4)14-12-15-24(22-30(35)36)31-33-27-16-10-11-17-28(27)34(31)6/h10-11,16-17,23-26,29H,7-9,12-15,18-22H2,1-6H3,(H,35,36)/t23?,24-,25?,26+,29+,32-/m0/s1. The van der Waals surface area contributed by atoms with Gasteiger partial charge in [0.2, 0.25) is 0 Å². The Labute approximate surface area is 231 Å². The van der Waals surface area contributed by atoms with Gasteiger partial charge in [0.15, 0.2) is 8.32 Å². The van der Waals surface area contributed by atoms with Crippen LogP contribution in [0.1, 0.15) is 104 Å². The number of para-hydroxylation sites is 2. The zero-order valence-electron chi connectivity index (χ0n) is 24.8. The van der Waals surface area contributed by atoms with E-state index in [1.54, 1.807) is 0 Å². The Bertz CT molecular complexity index is 1070. The van der Waals surface area contributed by atoms with Gasteiger partial charge in [0.25, 0.3) is 0 Å². The van der Waals surface area contributed by atoms with E-state index in [1.165, 1.54) is 50.2 Å². The first kappa shape index (κ1) is 29.3. The Morgan fingerprint density at radius 1 is 1.16 bits per heavy atom. The minimum atomic E-state index is -1.60. The molecule has 5 nitrogen and oxygen atoms in total. The molecule has 0 amide bonds. The van der Waals surface area contributed by atoms with Crippen LogP contribution in [-0.4, -0.2) is 35.0 Å². The summed E-state index contributed by atoms with van der Waals surface area (Å²) < 4.78 is 9.24. The van der Waals surface area contributed by atoms with Gasteiger partial charge in [0.1, 0.15) is 5.82 Å². The van der Waals surface area contributed by atoms with Gasteiger partial charge in [-0.1, -0.05) is 66.0 Å². The maximum Gasteiger partial charge on any atom is 0.304 e. The van der Waals surface area contributed by atoms with Gasteiger partial charge in [-0.2, -0.15) is 0 Å². The van der Waals surface area contributed by atoms with Crippen molar-refractivity contribution < 1.29 is 14.3 Å². The second-order valence-corrected chi connectivity index (χ2v) is 17.5. The lowest BCUT2D eigenvalue weighted by Gasteiger charge is -2.49. The molecule has 0 saturated heterocycles. The van der Waals surface area contributed by atoms with E-state index in [1.807, 2.05) is 25.2 Å². The molecule has 2 aliphatic rings. The molecule has 2 saturated carbocycles. The van der Waals surface area contributed by atoms with Crippen LogP contribution >= 0.6 is 0 Å². The average Bonchev–Trinajstić information content (AvgIpc) is 3.44. The highest BCUT2D eigenvalue weighted by atomic mass is 28.4. The highest BCUT2D eigenvalue weighted by molar-refractivity contribution is 6.73. The average molecular weight is 541 g/mol. The maximum atomic E-state index is 11.8. The lowest BCUT2D eigenvalue weighted by molar-refractivity contribution is -0.137. The van der Waals surface area contributed by atoms with Crippen LogP contribution in [0, 0.1) is 23.2 Å². The SMILES string of the molecule is CC[Si](CC)(CC)O[C@@H]1CCC[C@@]2(C)C(C(C)CCC[C@@H](CC(=O)O)c3nc4ccccc4n3C)CC[C@H]12. The Kier molecular flexibility index (Phi) is 9.45. The van der Waals surface area contributed by atoms with Gasteiger partial charge < -0.3 is 14.1 Å². The third kappa shape index (κ3) is 5.77. The summed E-state index contributed by atoms with van der Waals surface area (Å²) >= 11 is 0. The summed E-state index contributed by atoms with van der Waals surface area (Å²) in [6, 6.07) is 11.8. The largest absolute Gasteiger partial charge is 0.481 e. The maximum absolute atomic E-state index is 11.8. The molecular formula is C32H52N2O3Si. The smallest absolute Gasteiger partial charge is 0.304 e. The number of carbonyl (C=O) groups is 1. The third-order valence-corrected chi connectivity index (χ3v) is 15.6. The quantitative estimate of drug-likeness (QED) is 0.259. The molecule has 2 aromatic rings. The molecule has 212 valence electrons. The van der Waals surface area contributed by atoms with E-state index in [2.05, 4.69) is 45.3 Å². The molecule has 1 heterocycles. The minimum Gasteiger partial charge on any atom is -0.481 e. The molecule has 0 bridgehead atoms. The molecule has 6 heteroatoms. The van der Waals surface area contributed by atoms with E-state index in [0.29, 0.717) is 23.4 Å². The lowest BCUT2D eigenvalue weighted by Crippen LogP contribution is -2.48. The molecule has 1 N–H and O–H groups in total. The van der Waals surface area contributed by atoms with E-state index in [9.17, 15) is 9.90 Å². The van der Waals surface area contributed by atoms with Crippen molar-refractivity contribution in [2.24, 2.45) is 30.2 Å². The van der Waals surface area contributed by atoms with E-state index >= 15 is 0 Å². The summed E-state index contributed by atoms with van der Waals surface area (Å²) in [6.07, 6.45) is 10.2. The molecule has 0 radical (unpaired) electrons. The first-order valence-electron chi connectivity index (χ1n) is 15.5. The third-order valence-electron chi connectivity index (χ3n) is 11.0. The summed E-state index contributed by atoms with van der Waals surface area (Å²) in [5.74, 6) is 2.23. The number of hydrogen-bond acceptors (Lipinski definition) is 3. The van der Waals surface area contributed by atoms with Crippen molar-refractivity contribution in [3.63, 3.8) is 0 Å². The molecular weight excluding hydrogens is 488 g/mol. The van der Waals surface area contributed by atoms with Gasteiger partial charge in [-0.25, -0.2) is 4.98 Å². The number of rotatable bonds is 13. The van der Waals surface area contributed by atoms with Gasteiger partial charge in [0, 0.05) is 19.1 Å². The van der Waals surface area contributed by atoms with Crippen LogP contribution in [-0.2, 0) is 16.3 Å². The highest BCUT2D eigenvalue weighted by Crippen LogP contribution is 2.59. The second kappa shape index (κ2) is 12.2. The van der Waals surface area contributed by atoms with Gasteiger partial charge in [0.05, 0.1) is 17.5 Å². The van der Waals surface area contributed by atoms with Gasteiger partial charge in [-0.3, -0.25) is 4.79 Å². The number of fused-ring (bicyclic) bond motifs is 2. The monoisotopic (exact) mass is 540 g/mol. The fourth-order valence-electron chi connectivity index (χ4n) is 8.51. The van der Waals surface area contributed by atoms with Crippen LogP contribution in [0.15, 0.2) is 24.3 Å². The number of nitrogens with zero attached hydrogens (tertiary/aromatic N) is 2. The zero-order chi connectivity index (χ0) is 27.5. The van der Waals surface area contributed by atoms with Crippen LogP contribution in [0.2, 0.25) is 18.1 Å². The van der Waals surface area contributed by atoms with E-state index in [0.717, 1.165) is 42.0 Å². The number of aromatic nitrogens is 2. The molecule has 4 rings (SSSR count). The van der Waals surface area contributed by atoms with Crippen molar-refractivity contribution in [1.29, 1.82) is 0 Å². The molecule has 0 spiro atoms. The van der Waals surface area contributed by atoms with Gasteiger partial charge in [-0.15, -0.1) is 0 Å². The van der Waals surface area contributed by atoms with Crippen LogP contribution in [0.5, 0.6) is 0 Å². The normalized spacial score (nSPS) is 27.4. The van der Waals surface area contributed by atoms with Crippen molar-refractivity contribution in [3.8, 4) is 0 Å². The second-order valence-electron chi connectivity index (χ2n) is 12.8. The van der Waals surface area contributed by atoms with E-state index in [-0.39, 0.29) is 12.3 Å². The number of hydrogen-bond donors (Lipinski definition) is 1. The Balaban J connectivity index is 1.41. The summed E-state index contributed by atoms with van der Waals surface area (Å²) in [4.78, 5) is 16.6. The molecule has 2 aliphatic carbocycles. The van der Waals surface area contributed by atoms with Crippen molar-refractivity contribution in [1.82, 2.24) is 9.55 Å². The number of imidazole rings is 1. The first-order valence-corrected chi connectivity index (χ1v) is 18.0. The Morgan fingerprint density at radius 3 is 2.53 bits per heavy atom. The number of aliphatic carboxylic acids is 1.